The second-order valence-corrected chi connectivity index (χ2v) is 6.23. The molecule has 0 radical (unpaired) electrons. The maximum atomic E-state index is 8.81. The normalized spacial score (nSPS) is 11.5. The van der Waals surface area contributed by atoms with Crippen LogP contribution in [0.2, 0.25) is 0 Å². The van der Waals surface area contributed by atoms with Crippen LogP contribution in [0.15, 0.2) is 103 Å². The third kappa shape index (κ3) is 3.20. The van der Waals surface area contributed by atoms with Crippen molar-refractivity contribution in [1.82, 2.24) is 0 Å². The van der Waals surface area contributed by atoms with Crippen LogP contribution in [-0.2, 0) is 0 Å². The third-order valence-corrected chi connectivity index (χ3v) is 4.54. The van der Waals surface area contributed by atoms with E-state index in [1.54, 1.807) is 0 Å². The summed E-state index contributed by atoms with van der Waals surface area (Å²) in [4.78, 5) is 0. The molecule has 0 aliphatic rings. The number of allylic oxidation sites excluding steroid dienone is 1. The van der Waals surface area contributed by atoms with Gasteiger partial charge in [0.25, 0.3) is 0 Å². The summed E-state index contributed by atoms with van der Waals surface area (Å²) in [5, 5.41) is 11.2. The van der Waals surface area contributed by atoms with Crippen molar-refractivity contribution in [3.8, 4) is 0 Å². The molecule has 0 bridgehead atoms. The van der Waals surface area contributed by atoms with Crippen molar-refractivity contribution in [2.45, 2.75) is 0 Å². The average molecular weight is 333 g/mol. The van der Waals surface area contributed by atoms with Crippen molar-refractivity contribution in [2.24, 2.45) is 0 Å². The second kappa shape index (κ2) is 7.20. The predicted molar refractivity (Wildman–Crippen MR) is 112 cm³/mol. The summed E-state index contributed by atoms with van der Waals surface area (Å²) >= 11 is 0. The van der Waals surface area contributed by atoms with E-state index in [0.29, 0.717) is 5.71 Å². The first-order chi connectivity index (χ1) is 12.8. The molecule has 0 unspecified atom stereocenters. The lowest BCUT2D eigenvalue weighted by Crippen LogP contribution is -2.02. The van der Waals surface area contributed by atoms with Gasteiger partial charge in [-0.25, -0.2) is 0 Å². The SMILES string of the molecule is N=C(/C(=C\c1cccc2ccccc12)c1ccccc1)c1ccccc1. The lowest BCUT2D eigenvalue weighted by atomic mass is 9.93. The Morgan fingerprint density at radius 1 is 0.577 bits per heavy atom. The molecule has 0 heterocycles. The van der Waals surface area contributed by atoms with E-state index in [1.165, 1.54) is 10.8 Å². The molecule has 124 valence electrons. The molecule has 0 aromatic heterocycles. The van der Waals surface area contributed by atoms with Gasteiger partial charge in [-0.1, -0.05) is 103 Å². The molecular formula is C25H19N. The number of fused-ring (bicyclic) bond motifs is 1. The van der Waals surface area contributed by atoms with Crippen LogP contribution in [0, 0.1) is 5.41 Å². The summed E-state index contributed by atoms with van der Waals surface area (Å²) < 4.78 is 0. The lowest BCUT2D eigenvalue weighted by Gasteiger charge is -2.12. The molecular weight excluding hydrogens is 314 g/mol. The highest BCUT2D eigenvalue weighted by Crippen LogP contribution is 2.26. The molecule has 4 aromatic carbocycles. The predicted octanol–water partition coefficient (Wildman–Crippen LogP) is 6.45. The molecule has 0 fully saturated rings. The number of hydrogen-bond acceptors (Lipinski definition) is 1. The van der Waals surface area contributed by atoms with Crippen LogP contribution in [-0.4, -0.2) is 5.71 Å². The summed E-state index contributed by atoms with van der Waals surface area (Å²) in [7, 11) is 0. The minimum absolute atomic E-state index is 0.532. The van der Waals surface area contributed by atoms with E-state index in [-0.39, 0.29) is 0 Å². The molecule has 4 aromatic rings. The highest BCUT2D eigenvalue weighted by molar-refractivity contribution is 6.34. The fourth-order valence-corrected chi connectivity index (χ4v) is 3.21. The van der Waals surface area contributed by atoms with Crippen LogP contribution >= 0.6 is 0 Å². The monoisotopic (exact) mass is 333 g/mol. The van der Waals surface area contributed by atoms with E-state index in [0.717, 1.165) is 22.3 Å². The van der Waals surface area contributed by atoms with Crippen LogP contribution in [0.4, 0.5) is 0 Å². The van der Waals surface area contributed by atoms with Crippen molar-refractivity contribution < 1.29 is 0 Å². The van der Waals surface area contributed by atoms with E-state index in [2.05, 4.69) is 60.7 Å². The molecule has 1 N–H and O–H groups in total. The van der Waals surface area contributed by atoms with Gasteiger partial charge in [-0.3, -0.25) is 5.41 Å². The number of benzene rings is 4. The molecule has 1 nitrogen and oxygen atoms in total. The molecule has 0 spiro atoms. The Labute approximate surface area is 153 Å². The maximum Gasteiger partial charge on any atom is 0.0690 e. The van der Waals surface area contributed by atoms with E-state index in [9.17, 15) is 0 Å². The van der Waals surface area contributed by atoms with Gasteiger partial charge in [0.1, 0.15) is 0 Å². The van der Waals surface area contributed by atoms with Gasteiger partial charge in [0.05, 0.1) is 5.71 Å². The summed E-state index contributed by atoms with van der Waals surface area (Å²) in [6, 6.07) is 34.8. The molecule has 0 amide bonds. The topological polar surface area (TPSA) is 23.9 Å². The van der Waals surface area contributed by atoms with E-state index in [1.807, 2.05) is 48.5 Å². The summed E-state index contributed by atoms with van der Waals surface area (Å²) in [6.07, 6.45) is 2.13. The number of rotatable bonds is 4. The Kier molecular flexibility index (Phi) is 4.44. The van der Waals surface area contributed by atoms with Gasteiger partial charge >= 0.3 is 0 Å². The minimum Gasteiger partial charge on any atom is -0.300 e. The van der Waals surface area contributed by atoms with Crippen molar-refractivity contribution >= 4 is 28.1 Å². The Balaban J connectivity index is 1.90. The van der Waals surface area contributed by atoms with Crippen molar-refractivity contribution in [3.05, 3.63) is 120 Å². The van der Waals surface area contributed by atoms with Crippen LogP contribution in [0.5, 0.6) is 0 Å². The van der Waals surface area contributed by atoms with Gasteiger partial charge in [0, 0.05) is 11.1 Å². The molecule has 1 heteroatoms. The fourth-order valence-electron chi connectivity index (χ4n) is 3.21. The van der Waals surface area contributed by atoms with Gasteiger partial charge < -0.3 is 0 Å². The van der Waals surface area contributed by atoms with Crippen molar-refractivity contribution in [1.29, 1.82) is 5.41 Å². The first-order valence-electron chi connectivity index (χ1n) is 8.72. The first kappa shape index (κ1) is 16.0. The first-order valence-corrected chi connectivity index (χ1v) is 8.72. The van der Waals surface area contributed by atoms with Gasteiger partial charge in [-0.2, -0.15) is 0 Å². The Morgan fingerprint density at radius 2 is 1.15 bits per heavy atom. The van der Waals surface area contributed by atoms with E-state index < -0.39 is 0 Å². The molecule has 26 heavy (non-hydrogen) atoms. The van der Waals surface area contributed by atoms with Crippen LogP contribution in [0.25, 0.3) is 22.4 Å². The summed E-state index contributed by atoms with van der Waals surface area (Å²) in [5.74, 6) is 0. The summed E-state index contributed by atoms with van der Waals surface area (Å²) in [6.45, 7) is 0. The van der Waals surface area contributed by atoms with E-state index in [4.69, 9.17) is 5.41 Å². The fraction of sp³-hybridized carbons (Fsp3) is 0. The molecule has 0 atom stereocenters. The minimum atomic E-state index is 0.532. The Morgan fingerprint density at radius 3 is 1.88 bits per heavy atom. The average Bonchev–Trinajstić information content (AvgIpc) is 2.73. The van der Waals surface area contributed by atoms with Crippen LogP contribution in [0.1, 0.15) is 16.7 Å². The highest BCUT2D eigenvalue weighted by Gasteiger charge is 2.11. The smallest absolute Gasteiger partial charge is 0.0690 e. The number of nitrogens with one attached hydrogen (secondary N) is 1. The zero-order chi connectivity index (χ0) is 17.8. The third-order valence-electron chi connectivity index (χ3n) is 4.54. The van der Waals surface area contributed by atoms with Gasteiger partial charge in [0.15, 0.2) is 0 Å². The number of hydrogen-bond donors (Lipinski definition) is 1. The largest absolute Gasteiger partial charge is 0.300 e. The lowest BCUT2D eigenvalue weighted by molar-refractivity contribution is 1.49. The standard InChI is InChI=1S/C25H19N/c26-25(21-13-5-2-6-14-21)24(20-10-3-1-4-11-20)18-22-16-9-15-19-12-7-8-17-23(19)22/h1-18,26H/b24-18-,26-25?. The van der Waals surface area contributed by atoms with Gasteiger partial charge in [-0.05, 0) is 28.0 Å². The Bertz CT molecular complexity index is 1070. The van der Waals surface area contributed by atoms with Crippen LogP contribution < -0.4 is 0 Å². The molecule has 0 saturated heterocycles. The zero-order valence-electron chi connectivity index (χ0n) is 14.4. The molecule has 4 rings (SSSR count). The zero-order valence-corrected chi connectivity index (χ0v) is 14.4. The molecule has 0 aliphatic carbocycles. The van der Waals surface area contributed by atoms with Gasteiger partial charge in [-0.15, -0.1) is 0 Å². The molecule has 0 aliphatic heterocycles. The highest BCUT2D eigenvalue weighted by atomic mass is 14.4. The van der Waals surface area contributed by atoms with Crippen LogP contribution in [0.3, 0.4) is 0 Å². The summed E-state index contributed by atoms with van der Waals surface area (Å²) in [5.41, 5.74) is 4.55. The molecule has 0 saturated carbocycles. The maximum absolute atomic E-state index is 8.81. The van der Waals surface area contributed by atoms with Crippen molar-refractivity contribution in [2.75, 3.05) is 0 Å². The van der Waals surface area contributed by atoms with Gasteiger partial charge in [0.2, 0.25) is 0 Å². The van der Waals surface area contributed by atoms with Crippen molar-refractivity contribution in [3.63, 3.8) is 0 Å². The quantitative estimate of drug-likeness (QED) is 0.328. The van der Waals surface area contributed by atoms with E-state index >= 15 is 0 Å². The Hall–Kier alpha value is -3.45. The second-order valence-electron chi connectivity index (χ2n) is 6.23.